The molecule has 0 fully saturated rings. The predicted molar refractivity (Wildman–Crippen MR) is 61.5 cm³/mol. The molecule has 1 aliphatic carbocycles. The zero-order valence-corrected chi connectivity index (χ0v) is 8.54. The summed E-state index contributed by atoms with van der Waals surface area (Å²) in [5, 5.41) is 3.28. The molecule has 1 aromatic rings. The molecule has 1 aromatic carbocycles. The Balaban J connectivity index is 2.11. The number of hydrogen-bond acceptors (Lipinski definition) is 1. The van der Waals surface area contributed by atoms with Crippen molar-refractivity contribution in [3.8, 4) is 0 Å². The van der Waals surface area contributed by atoms with Gasteiger partial charge in [0, 0.05) is 12.1 Å². The molecule has 0 bridgehead atoms. The molecule has 2 rings (SSSR count). The number of para-hydroxylation sites is 1. The molecule has 0 saturated carbocycles. The van der Waals surface area contributed by atoms with Crippen molar-refractivity contribution < 1.29 is 0 Å². The van der Waals surface area contributed by atoms with Gasteiger partial charge in [-0.3, -0.25) is 0 Å². The first-order valence-electron chi connectivity index (χ1n) is 4.65. The monoisotopic (exact) mass is 205 g/mol. The standard InChI is InChI=1S/C12H12ClN/c13-12(9-5-2-6-10-12)14-11-7-3-1-4-8-11/h1-9,14H,10H2/t12-/m0/s1. The molecule has 72 valence electrons. The molecular formula is C12H12ClN. The molecule has 1 atom stereocenters. The minimum absolute atomic E-state index is 0.462. The van der Waals surface area contributed by atoms with Crippen molar-refractivity contribution in [1.29, 1.82) is 0 Å². The van der Waals surface area contributed by atoms with Crippen LogP contribution in [0.1, 0.15) is 6.42 Å². The number of allylic oxidation sites excluding steroid dienone is 2. The zero-order valence-electron chi connectivity index (χ0n) is 7.78. The average molecular weight is 206 g/mol. The van der Waals surface area contributed by atoms with E-state index in [0.29, 0.717) is 0 Å². The van der Waals surface area contributed by atoms with Gasteiger partial charge in [0.25, 0.3) is 0 Å². The van der Waals surface area contributed by atoms with Crippen LogP contribution in [0.3, 0.4) is 0 Å². The van der Waals surface area contributed by atoms with Crippen LogP contribution in [0.15, 0.2) is 54.6 Å². The molecule has 0 saturated heterocycles. The molecule has 0 unspecified atom stereocenters. The third-order valence-electron chi connectivity index (χ3n) is 2.15. The molecule has 1 nitrogen and oxygen atoms in total. The minimum Gasteiger partial charge on any atom is -0.363 e. The van der Waals surface area contributed by atoms with E-state index >= 15 is 0 Å². The summed E-state index contributed by atoms with van der Waals surface area (Å²) in [7, 11) is 0. The van der Waals surface area contributed by atoms with Crippen molar-refractivity contribution in [3.05, 3.63) is 54.6 Å². The first-order valence-corrected chi connectivity index (χ1v) is 5.03. The number of benzene rings is 1. The quantitative estimate of drug-likeness (QED) is 0.575. The van der Waals surface area contributed by atoms with Crippen LogP contribution in [0, 0.1) is 0 Å². The fourth-order valence-electron chi connectivity index (χ4n) is 1.45. The highest BCUT2D eigenvalue weighted by atomic mass is 35.5. The first-order chi connectivity index (χ1) is 6.79. The second-order valence-electron chi connectivity index (χ2n) is 3.34. The molecule has 0 heterocycles. The third kappa shape index (κ3) is 2.18. The Morgan fingerprint density at radius 1 is 1.14 bits per heavy atom. The molecule has 0 radical (unpaired) electrons. The van der Waals surface area contributed by atoms with Gasteiger partial charge in [-0.25, -0.2) is 0 Å². The molecule has 0 aliphatic heterocycles. The molecule has 0 aromatic heterocycles. The number of anilines is 1. The summed E-state index contributed by atoms with van der Waals surface area (Å²) >= 11 is 6.36. The van der Waals surface area contributed by atoms with Crippen LogP contribution in [0.2, 0.25) is 0 Å². The first kappa shape index (κ1) is 9.35. The lowest BCUT2D eigenvalue weighted by molar-refractivity contribution is 0.800. The summed E-state index contributed by atoms with van der Waals surface area (Å²) in [6.07, 6.45) is 8.81. The van der Waals surface area contributed by atoms with Crippen LogP contribution in [0.5, 0.6) is 0 Å². The Labute approximate surface area is 89.1 Å². The number of halogens is 1. The van der Waals surface area contributed by atoms with Crippen molar-refractivity contribution in [2.75, 3.05) is 5.32 Å². The third-order valence-corrected chi connectivity index (χ3v) is 2.52. The fourth-order valence-corrected chi connectivity index (χ4v) is 1.72. The van der Waals surface area contributed by atoms with Crippen LogP contribution in [0.25, 0.3) is 0 Å². The van der Waals surface area contributed by atoms with Crippen LogP contribution in [0.4, 0.5) is 5.69 Å². The van der Waals surface area contributed by atoms with Crippen molar-refractivity contribution in [2.45, 2.75) is 11.4 Å². The zero-order chi connectivity index (χ0) is 9.86. The molecule has 14 heavy (non-hydrogen) atoms. The topological polar surface area (TPSA) is 12.0 Å². The summed E-state index contributed by atoms with van der Waals surface area (Å²) in [6.45, 7) is 0. The molecule has 1 aliphatic rings. The van der Waals surface area contributed by atoms with Crippen LogP contribution in [-0.4, -0.2) is 5.00 Å². The van der Waals surface area contributed by atoms with Crippen LogP contribution in [-0.2, 0) is 0 Å². The van der Waals surface area contributed by atoms with Crippen molar-refractivity contribution in [2.24, 2.45) is 0 Å². The van der Waals surface area contributed by atoms with Gasteiger partial charge in [-0.1, -0.05) is 48.0 Å². The highest BCUT2D eigenvalue weighted by Gasteiger charge is 2.22. The normalized spacial score (nSPS) is 24.9. The summed E-state index contributed by atoms with van der Waals surface area (Å²) in [5.74, 6) is 0. The van der Waals surface area contributed by atoms with Gasteiger partial charge in [-0.05, 0) is 18.2 Å². The molecule has 0 spiro atoms. The highest BCUT2D eigenvalue weighted by Crippen LogP contribution is 2.27. The maximum Gasteiger partial charge on any atom is 0.135 e. The maximum atomic E-state index is 6.36. The Hall–Kier alpha value is -1.21. The van der Waals surface area contributed by atoms with Gasteiger partial charge >= 0.3 is 0 Å². The lowest BCUT2D eigenvalue weighted by Crippen LogP contribution is -2.29. The van der Waals surface area contributed by atoms with Crippen molar-refractivity contribution >= 4 is 17.3 Å². The van der Waals surface area contributed by atoms with Crippen LogP contribution >= 0.6 is 11.6 Å². The number of nitrogens with one attached hydrogen (secondary N) is 1. The largest absolute Gasteiger partial charge is 0.363 e. The highest BCUT2D eigenvalue weighted by molar-refractivity contribution is 6.26. The summed E-state index contributed by atoms with van der Waals surface area (Å²) in [6, 6.07) is 9.99. The minimum atomic E-state index is -0.462. The van der Waals surface area contributed by atoms with E-state index in [9.17, 15) is 0 Å². The van der Waals surface area contributed by atoms with E-state index in [4.69, 9.17) is 11.6 Å². The number of rotatable bonds is 2. The smallest absolute Gasteiger partial charge is 0.135 e. The summed E-state index contributed by atoms with van der Waals surface area (Å²) in [5.41, 5.74) is 1.04. The second kappa shape index (κ2) is 3.89. The van der Waals surface area contributed by atoms with Gasteiger partial charge in [0.15, 0.2) is 0 Å². The van der Waals surface area contributed by atoms with E-state index in [2.05, 4.69) is 11.4 Å². The van der Waals surface area contributed by atoms with Crippen LogP contribution < -0.4 is 5.32 Å². The van der Waals surface area contributed by atoms with Gasteiger partial charge in [0.1, 0.15) is 5.00 Å². The number of hydrogen-bond donors (Lipinski definition) is 1. The van der Waals surface area contributed by atoms with E-state index < -0.39 is 5.00 Å². The summed E-state index contributed by atoms with van der Waals surface area (Å²) < 4.78 is 0. The lowest BCUT2D eigenvalue weighted by Gasteiger charge is -2.26. The maximum absolute atomic E-state index is 6.36. The lowest BCUT2D eigenvalue weighted by atomic mass is 10.1. The Morgan fingerprint density at radius 3 is 2.57 bits per heavy atom. The SMILES string of the molecule is Cl[C@]1(Nc2ccccc2)C=CC=CC1. The second-order valence-corrected chi connectivity index (χ2v) is 4.02. The van der Waals surface area contributed by atoms with Gasteiger partial charge < -0.3 is 5.32 Å². The number of alkyl halides is 1. The van der Waals surface area contributed by atoms with E-state index in [1.807, 2.05) is 48.6 Å². The van der Waals surface area contributed by atoms with Gasteiger partial charge in [-0.2, -0.15) is 0 Å². The van der Waals surface area contributed by atoms with Gasteiger partial charge in [0.05, 0.1) is 0 Å². The van der Waals surface area contributed by atoms with Crippen molar-refractivity contribution in [1.82, 2.24) is 0 Å². The predicted octanol–water partition coefficient (Wildman–Crippen LogP) is 3.55. The van der Waals surface area contributed by atoms with E-state index in [1.54, 1.807) is 0 Å². The molecule has 1 N–H and O–H groups in total. The molecule has 0 amide bonds. The van der Waals surface area contributed by atoms with E-state index in [-0.39, 0.29) is 0 Å². The molecule has 2 heteroatoms. The Morgan fingerprint density at radius 2 is 1.93 bits per heavy atom. The summed E-state index contributed by atoms with van der Waals surface area (Å²) in [4.78, 5) is -0.462. The Kier molecular flexibility index (Phi) is 2.60. The Bertz CT molecular complexity index is 356. The van der Waals surface area contributed by atoms with Crippen molar-refractivity contribution in [3.63, 3.8) is 0 Å². The fraction of sp³-hybridized carbons (Fsp3) is 0.167. The van der Waals surface area contributed by atoms with Gasteiger partial charge in [-0.15, -0.1) is 0 Å². The van der Waals surface area contributed by atoms with Gasteiger partial charge in [0.2, 0.25) is 0 Å². The molecular weight excluding hydrogens is 194 g/mol. The average Bonchev–Trinajstić information content (AvgIpc) is 2.19. The van der Waals surface area contributed by atoms with E-state index in [1.165, 1.54) is 0 Å². The van der Waals surface area contributed by atoms with E-state index in [0.717, 1.165) is 12.1 Å².